The molecule has 0 saturated carbocycles. The average Bonchev–Trinajstić information content (AvgIpc) is 3.03. The average molecular weight is 446 g/mol. The molecule has 0 saturated heterocycles. The Morgan fingerprint density at radius 3 is 2.41 bits per heavy atom. The highest BCUT2D eigenvalue weighted by Crippen LogP contribution is 2.17. The molecule has 2 N–H and O–H groups in total. The number of para-hydroxylation sites is 2. The number of carbonyl (C=O) groups excluding carboxylic acids is 1. The number of fused-ring (bicyclic) bond motifs is 1. The molecular weight excluding hydrogens is 406 g/mol. The van der Waals surface area contributed by atoms with E-state index in [4.69, 9.17) is 4.74 Å². The summed E-state index contributed by atoms with van der Waals surface area (Å²) in [5, 5.41) is 12.9. The standard InChI is InChI=1S/C25H39N3O4/c1-6-7-8-9-10-14-20(24(31)32-25(2,3)4)26-19(23(29)30)16-17-22-27-18-13-11-12-15-21(18)28(22)5/h11-13,15,19-20,26H,6-10,14,16-17H2,1-5H3,(H,29,30)/t19-,20?/m0/s1. The summed E-state index contributed by atoms with van der Waals surface area (Å²) in [5.74, 6) is -0.530. The molecule has 1 unspecified atom stereocenters. The zero-order valence-corrected chi connectivity index (χ0v) is 20.2. The van der Waals surface area contributed by atoms with Crippen molar-refractivity contribution < 1.29 is 19.4 Å². The van der Waals surface area contributed by atoms with Crippen LogP contribution in [0.15, 0.2) is 24.3 Å². The maximum Gasteiger partial charge on any atom is 0.323 e. The summed E-state index contributed by atoms with van der Waals surface area (Å²) in [4.78, 5) is 29.4. The quantitative estimate of drug-likeness (QED) is 0.345. The fourth-order valence-corrected chi connectivity index (χ4v) is 3.81. The molecule has 0 radical (unpaired) electrons. The van der Waals surface area contributed by atoms with Crippen LogP contribution in [0.25, 0.3) is 11.0 Å². The molecule has 0 amide bonds. The molecule has 0 aliphatic rings. The van der Waals surface area contributed by atoms with Gasteiger partial charge in [-0.1, -0.05) is 51.2 Å². The van der Waals surface area contributed by atoms with Crippen LogP contribution in [-0.4, -0.2) is 44.3 Å². The maximum atomic E-state index is 12.8. The number of aliphatic carboxylic acids is 1. The minimum Gasteiger partial charge on any atom is -0.480 e. The number of carboxylic acids is 1. The highest BCUT2D eigenvalue weighted by molar-refractivity contribution is 5.79. The second-order valence-electron chi connectivity index (χ2n) is 9.46. The fraction of sp³-hybridized carbons (Fsp3) is 0.640. The first-order valence-electron chi connectivity index (χ1n) is 11.7. The molecule has 1 aromatic heterocycles. The van der Waals surface area contributed by atoms with E-state index in [1.165, 1.54) is 6.42 Å². The zero-order chi connectivity index (χ0) is 23.7. The van der Waals surface area contributed by atoms with Gasteiger partial charge >= 0.3 is 11.9 Å². The molecule has 0 aliphatic carbocycles. The van der Waals surface area contributed by atoms with Crippen LogP contribution in [0.4, 0.5) is 0 Å². The third-order valence-electron chi connectivity index (χ3n) is 5.52. The van der Waals surface area contributed by atoms with E-state index in [0.29, 0.717) is 19.3 Å². The van der Waals surface area contributed by atoms with Gasteiger partial charge in [-0.3, -0.25) is 14.9 Å². The van der Waals surface area contributed by atoms with Crippen LogP contribution in [-0.2, 0) is 27.8 Å². The smallest absolute Gasteiger partial charge is 0.323 e. The first-order chi connectivity index (χ1) is 15.1. The van der Waals surface area contributed by atoms with Gasteiger partial charge in [0.2, 0.25) is 0 Å². The number of unbranched alkanes of at least 4 members (excludes halogenated alkanes) is 4. The Balaban J connectivity index is 2.06. The van der Waals surface area contributed by atoms with Gasteiger partial charge < -0.3 is 14.4 Å². The van der Waals surface area contributed by atoms with E-state index in [-0.39, 0.29) is 5.97 Å². The number of carbonyl (C=O) groups is 2. The highest BCUT2D eigenvalue weighted by atomic mass is 16.6. The molecule has 7 nitrogen and oxygen atoms in total. The Morgan fingerprint density at radius 1 is 1.09 bits per heavy atom. The molecule has 7 heteroatoms. The molecule has 1 aromatic carbocycles. The lowest BCUT2D eigenvalue weighted by Gasteiger charge is -2.26. The molecule has 1 heterocycles. The van der Waals surface area contributed by atoms with Crippen molar-refractivity contribution >= 4 is 23.0 Å². The van der Waals surface area contributed by atoms with Gasteiger partial charge in [-0.15, -0.1) is 0 Å². The lowest BCUT2D eigenvalue weighted by atomic mass is 10.0. The number of carboxylic acid groups (broad SMARTS) is 1. The van der Waals surface area contributed by atoms with Gasteiger partial charge in [-0.2, -0.15) is 0 Å². The molecule has 0 spiro atoms. The van der Waals surface area contributed by atoms with Gasteiger partial charge in [0.05, 0.1) is 11.0 Å². The van der Waals surface area contributed by atoms with Gasteiger partial charge in [0.25, 0.3) is 0 Å². The minimum atomic E-state index is -0.969. The summed E-state index contributed by atoms with van der Waals surface area (Å²) in [6.45, 7) is 7.63. The largest absolute Gasteiger partial charge is 0.480 e. The Bertz CT molecular complexity index is 885. The van der Waals surface area contributed by atoms with Crippen molar-refractivity contribution in [2.75, 3.05) is 0 Å². The van der Waals surface area contributed by atoms with Crippen LogP contribution >= 0.6 is 0 Å². The Hall–Kier alpha value is -2.41. The predicted octanol–water partition coefficient (Wildman–Crippen LogP) is 4.62. The van der Waals surface area contributed by atoms with Crippen molar-refractivity contribution in [3.05, 3.63) is 30.1 Å². The van der Waals surface area contributed by atoms with Crippen molar-refractivity contribution in [1.82, 2.24) is 14.9 Å². The van der Waals surface area contributed by atoms with Crippen LogP contribution in [0.1, 0.15) is 78.5 Å². The second kappa shape index (κ2) is 12.0. The number of hydrogen-bond acceptors (Lipinski definition) is 5. The molecule has 2 aromatic rings. The third kappa shape index (κ3) is 7.93. The van der Waals surface area contributed by atoms with Gasteiger partial charge in [0.1, 0.15) is 23.5 Å². The van der Waals surface area contributed by atoms with E-state index in [1.807, 2.05) is 56.7 Å². The molecule has 0 bridgehead atoms. The van der Waals surface area contributed by atoms with Crippen molar-refractivity contribution in [3.8, 4) is 0 Å². The van der Waals surface area contributed by atoms with Gasteiger partial charge in [0.15, 0.2) is 0 Å². The molecule has 0 fully saturated rings. The number of nitrogens with zero attached hydrogens (tertiary/aromatic N) is 2. The van der Waals surface area contributed by atoms with E-state index in [0.717, 1.165) is 42.5 Å². The van der Waals surface area contributed by atoms with Gasteiger partial charge in [-0.05, 0) is 45.7 Å². The van der Waals surface area contributed by atoms with Crippen LogP contribution in [0, 0.1) is 0 Å². The molecule has 178 valence electrons. The number of esters is 1. The number of rotatable bonds is 13. The maximum absolute atomic E-state index is 12.8. The second-order valence-corrected chi connectivity index (χ2v) is 9.46. The zero-order valence-electron chi connectivity index (χ0n) is 20.2. The minimum absolute atomic E-state index is 0.335. The number of aromatic nitrogens is 2. The number of imidazole rings is 1. The summed E-state index contributed by atoms with van der Waals surface area (Å²) >= 11 is 0. The summed E-state index contributed by atoms with van der Waals surface area (Å²) in [6.07, 6.45) is 6.70. The Morgan fingerprint density at radius 2 is 1.78 bits per heavy atom. The van der Waals surface area contributed by atoms with E-state index in [1.54, 1.807) is 0 Å². The number of nitrogens with one attached hydrogen (secondary N) is 1. The summed E-state index contributed by atoms with van der Waals surface area (Å²) < 4.78 is 7.56. The summed E-state index contributed by atoms with van der Waals surface area (Å²) in [5.41, 5.74) is 1.29. The third-order valence-corrected chi connectivity index (χ3v) is 5.52. The van der Waals surface area contributed by atoms with E-state index in [2.05, 4.69) is 17.2 Å². The van der Waals surface area contributed by atoms with Crippen LogP contribution in [0.3, 0.4) is 0 Å². The molecular formula is C25H39N3O4. The summed E-state index contributed by atoms with van der Waals surface area (Å²) in [7, 11) is 1.94. The van der Waals surface area contributed by atoms with Crippen molar-refractivity contribution in [2.24, 2.45) is 7.05 Å². The van der Waals surface area contributed by atoms with E-state index in [9.17, 15) is 14.7 Å². The Labute approximate surface area is 191 Å². The number of aryl methyl sites for hydroxylation is 2. The Kier molecular flexibility index (Phi) is 9.69. The van der Waals surface area contributed by atoms with Crippen LogP contribution < -0.4 is 5.32 Å². The predicted molar refractivity (Wildman–Crippen MR) is 127 cm³/mol. The van der Waals surface area contributed by atoms with Crippen molar-refractivity contribution in [3.63, 3.8) is 0 Å². The van der Waals surface area contributed by atoms with Crippen LogP contribution in [0.5, 0.6) is 0 Å². The monoisotopic (exact) mass is 445 g/mol. The van der Waals surface area contributed by atoms with Crippen molar-refractivity contribution in [1.29, 1.82) is 0 Å². The normalized spacial score (nSPS) is 13.8. The molecule has 0 aliphatic heterocycles. The molecule has 2 atom stereocenters. The molecule has 32 heavy (non-hydrogen) atoms. The topological polar surface area (TPSA) is 93.5 Å². The number of ether oxygens (including phenoxy) is 1. The lowest BCUT2D eigenvalue weighted by Crippen LogP contribution is -2.49. The fourth-order valence-electron chi connectivity index (χ4n) is 3.81. The molecule has 2 rings (SSSR count). The lowest BCUT2D eigenvalue weighted by molar-refractivity contribution is -0.158. The van der Waals surface area contributed by atoms with Gasteiger partial charge in [0, 0.05) is 13.5 Å². The van der Waals surface area contributed by atoms with Gasteiger partial charge in [-0.25, -0.2) is 4.98 Å². The first-order valence-corrected chi connectivity index (χ1v) is 11.7. The van der Waals surface area contributed by atoms with E-state index >= 15 is 0 Å². The van der Waals surface area contributed by atoms with Crippen molar-refractivity contribution in [2.45, 2.75) is 96.7 Å². The van der Waals surface area contributed by atoms with Crippen LogP contribution in [0.2, 0.25) is 0 Å². The first kappa shape index (κ1) is 25.8. The number of benzene rings is 1. The summed E-state index contributed by atoms with van der Waals surface area (Å²) in [6, 6.07) is 6.34. The highest BCUT2D eigenvalue weighted by Gasteiger charge is 2.29. The SMILES string of the molecule is CCCCCCCC(N[C@@H](CCc1nc2ccccc2n1C)C(=O)O)C(=O)OC(C)(C)C. The van der Waals surface area contributed by atoms with E-state index < -0.39 is 23.7 Å². The number of hydrogen-bond donors (Lipinski definition) is 2.